The van der Waals surface area contributed by atoms with Crippen LogP contribution >= 0.6 is 11.8 Å². The van der Waals surface area contributed by atoms with E-state index in [1.807, 2.05) is 25.3 Å². The van der Waals surface area contributed by atoms with Crippen molar-refractivity contribution in [2.75, 3.05) is 6.26 Å². The van der Waals surface area contributed by atoms with Gasteiger partial charge in [-0.1, -0.05) is 13.0 Å². The summed E-state index contributed by atoms with van der Waals surface area (Å²) in [5.74, 6) is 0.434. The van der Waals surface area contributed by atoms with Crippen LogP contribution in [0.15, 0.2) is 23.1 Å². The topological polar surface area (TPSA) is 20.2 Å². The Morgan fingerprint density at radius 2 is 2.20 bits per heavy atom. The highest BCUT2D eigenvalue weighted by atomic mass is 32.2. The van der Waals surface area contributed by atoms with Crippen LogP contribution in [0.2, 0.25) is 0 Å². The molecule has 1 N–H and O–H groups in total. The number of aliphatic hydroxyl groups is 1. The second-order valence-corrected chi connectivity index (χ2v) is 5.01. The van der Waals surface area contributed by atoms with Gasteiger partial charge in [-0.05, 0) is 42.2 Å². The zero-order valence-corrected chi connectivity index (χ0v) is 9.72. The lowest BCUT2D eigenvalue weighted by Gasteiger charge is -2.39. The van der Waals surface area contributed by atoms with E-state index in [4.69, 9.17) is 0 Å². The molecule has 15 heavy (non-hydrogen) atoms. The summed E-state index contributed by atoms with van der Waals surface area (Å²) >= 11 is 1.42. The van der Waals surface area contributed by atoms with Gasteiger partial charge < -0.3 is 5.11 Å². The van der Waals surface area contributed by atoms with Gasteiger partial charge in [0.1, 0.15) is 5.82 Å². The number of benzene rings is 1. The first-order chi connectivity index (χ1) is 7.13. The van der Waals surface area contributed by atoms with E-state index in [1.54, 1.807) is 6.07 Å². The fourth-order valence-corrected chi connectivity index (χ4v) is 2.57. The molecule has 3 atom stereocenters. The molecule has 0 saturated heterocycles. The van der Waals surface area contributed by atoms with Crippen LogP contribution in [0.25, 0.3) is 0 Å². The summed E-state index contributed by atoms with van der Waals surface area (Å²) in [6.45, 7) is 2.01. The largest absolute Gasteiger partial charge is 0.393 e. The number of hydrogen-bond donors (Lipinski definition) is 1. The van der Waals surface area contributed by atoms with Gasteiger partial charge in [-0.3, -0.25) is 0 Å². The molecular formula is C12H15FOS. The van der Waals surface area contributed by atoms with E-state index in [2.05, 4.69) is 0 Å². The molecule has 1 fully saturated rings. The minimum Gasteiger partial charge on any atom is -0.393 e. The molecule has 0 radical (unpaired) electrons. The molecule has 1 aromatic carbocycles. The summed E-state index contributed by atoms with van der Waals surface area (Å²) in [6, 6.07) is 5.41. The van der Waals surface area contributed by atoms with Gasteiger partial charge in [0, 0.05) is 4.90 Å². The van der Waals surface area contributed by atoms with E-state index in [-0.39, 0.29) is 17.8 Å². The first-order valence-corrected chi connectivity index (χ1v) is 6.37. The minimum atomic E-state index is -0.210. The Balaban J connectivity index is 2.20. The molecule has 2 rings (SSSR count). The lowest BCUT2D eigenvalue weighted by molar-refractivity contribution is 0.0116. The maximum Gasteiger partial charge on any atom is 0.137 e. The van der Waals surface area contributed by atoms with Crippen molar-refractivity contribution in [1.82, 2.24) is 0 Å². The average molecular weight is 226 g/mol. The van der Waals surface area contributed by atoms with Crippen LogP contribution in [0.1, 0.15) is 24.8 Å². The van der Waals surface area contributed by atoms with Gasteiger partial charge in [-0.2, -0.15) is 0 Å². The van der Waals surface area contributed by atoms with Gasteiger partial charge in [0.15, 0.2) is 0 Å². The average Bonchev–Trinajstić information content (AvgIpc) is 2.25. The standard InChI is InChI=1S/C12H15FOS/c1-7-9(6-11(7)14)8-3-4-12(15-2)10(13)5-8/h3-5,7,9,11,14H,6H2,1-2H3. The molecule has 1 nitrogen and oxygen atoms in total. The molecule has 0 spiro atoms. The third kappa shape index (κ3) is 1.91. The molecule has 82 valence electrons. The molecule has 3 heteroatoms. The monoisotopic (exact) mass is 226 g/mol. The normalized spacial score (nSPS) is 30.0. The third-order valence-corrected chi connectivity index (χ3v) is 4.11. The van der Waals surface area contributed by atoms with Gasteiger partial charge in [-0.25, -0.2) is 4.39 Å². The molecule has 0 aliphatic heterocycles. The van der Waals surface area contributed by atoms with Crippen molar-refractivity contribution in [2.45, 2.75) is 30.3 Å². The van der Waals surface area contributed by atoms with Crippen LogP contribution in [0.4, 0.5) is 4.39 Å². The Morgan fingerprint density at radius 3 is 2.67 bits per heavy atom. The highest BCUT2D eigenvalue weighted by Crippen LogP contribution is 2.42. The van der Waals surface area contributed by atoms with Crippen LogP contribution in [0.3, 0.4) is 0 Å². The van der Waals surface area contributed by atoms with Crippen molar-refractivity contribution >= 4 is 11.8 Å². The van der Waals surface area contributed by atoms with Crippen molar-refractivity contribution in [3.8, 4) is 0 Å². The molecular weight excluding hydrogens is 211 g/mol. The SMILES string of the molecule is CSc1ccc(C2CC(O)C2C)cc1F. The second-order valence-electron chi connectivity index (χ2n) is 4.16. The molecule has 1 saturated carbocycles. The van der Waals surface area contributed by atoms with E-state index < -0.39 is 0 Å². The van der Waals surface area contributed by atoms with Crippen molar-refractivity contribution in [2.24, 2.45) is 5.92 Å². The summed E-state index contributed by atoms with van der Waals surface area (Å²) in [4.78, 5) is 0.686. The molecule has 0 bridgehead atoms. The van der Waals surface area contributed by atoms with Crippen LogP contribution < -0.4 is 0 Å². The number of rotatable bonds is 2. The van der Waals surface area contributed by atoms with E-state index >= 15 is 0 Å². The molecule has 1 aliphatic rings. The first-order valence-electron chi connectivity index (χ1n) is 5.15. The van der Waals surface area contributed by atoms with Crippen LogP contribution in [0, 0.1) is 11.7 Å². The van der Waals surface area contributed by atoms with E-state index in [0.29, 0.717) is 10.8 Å². The Bertz CT molecular complexity index is 367. The predicted molar refractivity (Wildman–Crippen MR) is 60.7 cm³/mol. The predicted octanol–water partition coefficient (Wildman–Crippen LogP) is 3.03. The number of halogens is 1. The molecule has 1 aromatic rings. The lowest BCUT2D eigenvalue weighted by atomic mass is 9.69. The smallest absolute Gasteiger partial charge is 0.137 e. The third-order valence-electron chi connectivity index (χ3n) is 3.34. The quantitative estimate of drug-likeness (QED) is 0.782. The summed E-state index contributed by atoms with van der Waals surface area (Å²) < 4.78 is 13.5. The number of thioether (sulfide) groups is 1. The number of aliphatic hydroxyl groups excluding tert-OH is 1. The van der Waals surface area contributed by atoms with Crippen molar-refractivity contribution < 1.29 is 9.50 Å². The molecule has 3 unspecified atom stereocenters. The summed E-state index contributed by atoms with van der Waals surface area (Å²) in [5, 5.41) is 9.42. The zero-order valence-electron chi connectivity index (χ0n) is 8.90. The van der Waals surface area contributed by atoms with Crippen molar-refractivity contribution in [1.29, 1.82) is 0 Å². The Morgan fingerprint density at radius 1 is 1.47 bits per heavy atom. The molecule has 1 aliphatic carbocycles. The lowest BCUT2D eigenvalue weighted by Crippen LogP contribution is -2.37. The maximum absolute atomic E-state index is 13.5. The Labute approximate surface area is 93.7 Å². The molecule has 0 aromatic heterocycles. The fourth-order valence-electron chi connectivity index (χ4n) is 2.11. The second kappa shape index (κ2) is 4.14. The summed E-state index contributed by atoms with van der Waals surface area (Å²) in [7, 11) is 0. The molecule has 0 amide bonds. The van der Waals surface area contributed by atoms with E-state index in [9.17, 15) is 9.50 Å². The van der Waals surface area contributed by atoms with Gasteiger partial charge in [0.05, 0.1) is 6.10 Å². The van der Waals surface area contributed by atoms with Gasteiger partial charge in [-0.15, -0.1) is 11.8 Å². The van der Waals surface area contributed by atoms with Crippen molar-refractivity contribution in [3.63, 3.8) is 0 Å². The zero-order chi connectivity index (χ0) is 11.0. The summed E-state index contributed by atoms with van der Waals surface area (Å²) in [5.41, 5.74) is 1.02. The summed E-state index contributed by atoms with van der Waals surface area (Å²) in [6.07, 6.45) is 2.42. The Kier molecular flexibility index (Phi) is 3.03. The first kappa shape index (κ1) is 11.0. The van der Waals surface area contributed by atoms with Crippen molar-refractivity contribution in [3.05, 3.63) is 29.6 Å². The number of hydrogen-bond acceptors (Lipinski definition) is 2. The van der Waals surface area contributed by atoms with Crippen LogP contribution in [0.5, 0.6) is 0 Å². The Hall–Kier alpha value is -0.540. The molecule has 0 heterocycles. The van der Waals surface area contributed by atoms with E-state index in [1.165, 1.54) is 11.8 Å². The highest BCUT2D eigenvalue weighted by molar-refractivity contribution is 7.98. The van der Waals surface area contributed by atoms with Gasteiger partial charge in [0.25, 0.3) is 0 Å². The van der Waals surface area contributed by atoms with Gasteiger partial charge in [0.2, 0.25) is 0 Å². The van der Waals surface area contributed by atoms with Crippen LogP contribution in [-0.2, 0) is 0 Å². The minimum absolute atomic E-state index is 0.145. The maximum atomic E-state index is 13.5. The highest BCUT2D eigenvalue weighted by Gasteiger charge is 2.37. The van der Waals surface area contributed by atoms with E-state index in [0.717, 1.165) is 12.0 Å². The van der Waals surface area contributed by atoms with Gasteiger partial charge >= 0.3 is 0 Å². The fraction of sp³-hybridized carbons (Fsp3) is 0.500. The van der Waals surface area contributed by atoms with Crippen LogP contribution in [-0.4, -0.2) is 17.5 Å².